The van der Waals surface area contributed by atoms with Crippen LogP contribution in [0.5, 0.6) is 0 Å². The summed E-state index contributed by atoms with van der Waals surface area (Å²) in [4.78, 5) is 13.4. The van der Waals surface area contributed by atoms with Gasteiger partial charge in [-0.3, -0.25) is 4.79 Å². The maximum absolute atomic E-state index is 13.7. The van der Waals surface area contributed by atoms with Gasteiger partial charge in [-0.25, -0.2) is 8.78 Å². The summed E-state index contributed by atoms with van der Waals surface area (Å²) in [6, 6.07) is 2.39. The molecule has 1 N–H and O–H groups in total. The SMILES string of the molecule is CN(CC1CCCN1)C(=O)c1c(F)cc(Br)cc1F. The van der Waals surface area contributed by atoms with Crippen molar-refractivity contribution in [2.75, 3.05) is 20.1 Å². The molecule has 0 saturated carbocycles. The molecule has 1 aliphatic rings. The molecule has 1 heterocycles. The zero-order valence-corrected chi connectivity index (χ0v) is 12.1. The van der Waals surface area contributed by atoms with Gasteiger partial charge in [0.05, 0.1) is 0 Å². The third-order valence-electron chi connectivity index (χ3n) is 3.22. The third-order valence-corrected chi connectivity index (χ3v) is 3.68. The second-order valence-corrected chi connectivity index (χ2v) is 5.64. The Labute approximate surface area is 119 Å². The summed E-state index contributed by atoms with van der Waals surface area (Å²) in [6.45, 7) is 1.38. The van der Waals surface area contributed by atoms with Gasteiger partial charge in [-0.1, -0.05) is 15.9 Å². The number of nitrogens with one attached hydrogen (secondary N) is 1. The van der Waals surface area contributed by atoms with Gasteiger partial charge >= 0.3 is 0 Å². The van der Waals surface area contributed by atoms with E-state index in [0.29, 0.717) is 6.54 Å². The number of benzene rings is 1. The molecular formula is C13H15BrF2N2O. The molecule has 1 saturated heterocycles. The van der Waals surface area contributed by atoms with E-state index in [0.717, 1.165) is 31.5 Å². The van der Waals surface area contributed by atoms with Gasteiger partial charge in [0.1, 0.15) is 17.2 Å². The van der Waals surface area contributed by atoms with Crippen LogP contribution in [0.15, 0.2) is 16.6 Å². The van der Waals surface area contributed by atoms with Crippen molar-refractivity contribution in [3.63, 3.8) is 0 Å². The summed E-state index contributed by atoms with van der Waals surface area (Å²) in [5, 5.41) is 3.24. The predicted octanol–water partition coefficient (Wildman–Crippen LogP) is 2.55. The fourth-order valence-corrected chi connectivity index (χ4v) is 2.67. The molecule has 1 atom stereocenters. The minimum Gasteiger partial charge on any atom is -0.340 e. The van der Waals surface area contributed by atoms with E-state index >= 15 is 0 Å². The molecule has 3 nitrogen and oxygen atoms in total. The monoisotopic (exact) mass is 332 g/mol. The molecule has 1 aromatic carbocycles. The van der Waals surface area contributed by atoms with Crippen LogP contribution in [0.4, 0.5) is 8.78 Å². The van der Waals surface area contributed by atoms with E-state index in [2.05, 4.69) is 21.2 Å². The maximum Gasteiger partial charge on any atom is 0.259 e. The molecule has 0 radical (unpaired) electrons. The smallest absolute Gasteiger partial charge is 0.259 e. The van der Waals surface area contributed by atoms with Crippen molar-refractivity contribution in [3.05, 3.63) is 33.8 Å². The molecule has 1 unspecified atom stereocenters. The number of nitrogens with zero attached hydrogens (tertiary/aromatic N) is 1. The van der Waals surface area contributed by atoms with Crippen molar-refractivity contribution in [2.24, 2.45) is 0 Å². The molecule has 1 aliphatic heterocycles. The number of carbonyl (C=O) groups is 1. The fourth-order valence-electron chi connectivity index (χ4n) is 2.26. The van der Waals surface area contributed by atoms with Crippen LogP contribution in [-0.4, -0.2) is 37.0 Å². The number of carbonyl (C=O) groups excluding carboxylic acids is 1. The van der Waals surface area contributed by atoms with E-state index < -0.39 is 23.1 Å². The molecule has 1 fully saturated rings. The molecule has 2 rings (SSSR count). The van der Waals surface area contributed by atoms with Crippen molar-refractivity contribution >= 4 is 21.8 Å². The van der Waals surface area contributed by atoms with Crippen LogP contribution in [0.3, 0.4) is 0 Å². The first-order valence-corrected chi connectivity index (χ1v) is 6.91. The first kappa shape index (κ1) is 14.4. The minimum absolute atomic E-state index is 0.204. The summed E-state index contributed by atoms with van der Waals surface area (Å²) in [5.41, 5.74) is -0.497. The highest BCUT2D eigenvalue weighted by Gasteiger charge is 2.24. The van der Waals surface area contributed by atoms with E-state index in [9.17, 15) is 13.6 Å². The summed E-state index contributed by atoms with van der Waals surface area (Å²) < 4.78 is 27.7. The number of amides is 1. The summed E-state index contributed by atoms with van der Waals surface area (Å²) in [5.74, 6) is -2.32. The van der Waals surface area contributed by atoms with E-state index in [1.165, 1.54) is 4.90 Å². The van der Waals surface area contributed by atoms with Gasteiger partial charge in [-0.15, -0.1) is 0 Å². The molecule has 0 spiro atoms. The first-order valence-electron chi connectivity index (χ1n) is 6.12. The highest BCUT2D eigenvalue weighted by atomic mass is 79.9. The predicted molar refractivity (Wildman–Crippen MR) is 72.0 cm³/mol. The van der Waals surface area contributed by atoms with Crippen LogP contribution in [0, 0.1) is 11.6 Å². The number of rotatable bonds is 3. The lowest BCUT2D eigenvalue weighted by atomic mass is 10.1. The van der Waals surface area contributed by atoms with Crippen molar-refractivity contribution in [3.8, 4) is 0 Å². The van der Waals surface area contributed by atoms with Gasteiger partial charge in [-0.2, -0.15) is 0 Å². The van der Waals surface area contributed by atoms with Gasteiger partial charge in [0.25, 0.3) is 5.91 Å². The van der Waals surface area contributed by atoms with Gasteiger partial charge < -0.3 is 10.2 Å². The molecular weight excluding hydrogens is 318 g/mol. The molecule has 1 aromatic rings. The van der Waals surface area contributed by atoms with Crippen molar-refractivity contribution in [1.82, 2.24) is 10.2 Å². The summed E-state index contributed by atoms with van der Waals surface area (Å²) in [6.07, 6.45) is 2.04. The number of halogens is 3. The summed E-state index contributed by atoms with van der Waals surface area (Å²) >= 11 is 2.99. The van der Waals surface area contributed by atoms with Crippen LogP contribution >= 0.6 is 15.9 Å². The Balaban J connectivity index is 2.14. The van der Waals surface area contributed by atoms with E-state index in [1.807, 2.05) is 0 Å². The lowest BCUT2D eigenvalue weighted by Crippen LogP contribution is -2.39. The topological polar surface area (TPSA) is 32.3 Å². The zero-order chi connectivity index (χ0) is 14.0. The Kier molecular flexibility index (Phi) is 4.52. The fraction of sp³-hybridized carbons (Fsp3) is 0.462. The second kappa shape index (κ2) is 5.96. The Morgan fingerprint density at radius 3 is 2.63 bits per heavy atom. The Morgan fingerprint density at radius 1 is 1.47 bits per heavy atom. The molecule has 0 aliphatic carbocycles. The van der Waals surface area contributed by atoms with Crippen LogP contribution < -0.4 is 5.32 Å². The molecule has 0 bridgehead atoms. The standard InChI is InChI=1S/C13H15BrF2N2O/c1-18(7-9-3-2-4-17-9)13(19)12-10(15)5-8(14)6-11(12)16/h5-6,9,17H,2-4,7H2,1H3. The second-order valence-electron chi connectivity index (χ2n) is 4.72. The van der Waals surface area contributed by atoms with Crippen LogP contribution in [-0.2, 0) is 0 Å². The Morgan fingerprint density at radius 2 is 2.11 bits per heavy atom. The van der Waals surface area contributed by atoms with Crippen LogP contribution in [0.25, 0.3) is 0 Å². The van der Waals surface area contributed by atoms with Crippen LogP contribution in [0.2, 0.25) is 0 Å². The Bertz CT molecular complexity index is 467. The van der Waals surface area contributed by atoms with Crippen LogP contribution in [0.1, 0.15) is 23.2 Å². The largest absolute Gasteiger partial charge is 0.340 e. The average Bonchev–Trinajstić information content (AvgIpc) is 2.80. The Hall–Kier alpha value is -1.01. The van der Waals surface area contributed by atoms with Crippen molar-refractivity contribution in [1.29, 1.82) is 0 Å². The third kappa shape index (κ3) is 3.30. The summed E-state index contributed by atoms with van der Waals surface area (Å²) in [7, 11) is 1.56. The van der Waals surface area contributed by atoms with Crippen molar-refractivity contribution < 1.29 is 13.6 Å². The maximum atomic E-state index is 13.7. The lowest BCUT2D eigenvalue weighted by molar-refractivity contribution is 0.0774. The zero-order valence-electron chi connectivity index (χ0n) is 10.5. The van der Waals surface area contributed by atoms with Gasteiger partial charge in [-0.05, 0) is 31.5 Å². The van der Waals surface area contributed by atoms with E-state index in [-0.39, 0.29) is 10.5 Å². The lowest BCUT2D eigenvalue weighted by Gasteiger charge is -2.22. The highest BCUT2D eigenvalue weighted by Crippen LogP contribution is 2.21. The quantitative estimate of drug-likeness (QED) is 0.922. The number of hydrogen-bond donors (Lipinski definition) is 1. The van der Waals surface area contributed by atoms with Crippen molar-refractivity contribution in [2.45, 2.75) is 18.9 Å². The minimum atomic E-state index is -0.844. The first-order chi connectivity index (χ1) is 8.99. The normalized spacial score (nSPS) is 18.6. The highest BCUT2D eigenvalue weighted by molar-refractivity contribution is 9.10. The van der Waals surface area contributed by atoms with Gasteiger partial charge in [0.15, 0.2) is 0 Å². The number of likely N-dealkylation sites (N-methyl/N-ethyl adjacent to an activating group) is 1. The van der Waals surface area contributed by atoms with Gasteiger partial charge in [0, 0.05) is 24.1 Å². The molecule has 0 aromatic heterocycles. The average molecular weight is 333 g/mol. The van der Waals surface area contributed by atoms with Gasteiger partial charge in [0.2, 0.25) is 0 Å². The number of hydrogen-bond acceptors (Lipinski definition) is 2. The van der Waals surface area contributed by atoms with E-state index in [4.69, 9.17) is 0 Å². The molecule has 1 amide bonds. The molecule has 19 heavy (non-hydrogen) atoms. The molecule has 104 valence electrons. The molecule has 6 heteroatoms. The van der Waals surface area contributed by atoms with E-state index in [1.54, 1.807) is 7.05 Å².